The molecule has 0 aliphatic carbocycles. The maximum Gasteiger partial charge on any atom is 0.225 e. The van der Waals surface area contributed by atoms with Gasteiger partial charge in [-0.3, -0.25) is 0 Å². The fraction of sp³-hybridized carbons (Fsp3) is 0.200. The molecule has 0 bridgehead atoms. The molecule has 0 aliphatic heterocycles. The number of ether oxygens (including phenoxy) is 1. The average Bonchev–Trinajstić information content (AvgIpc) is 3.16. The molecule has 0 unspecified atom stereocenters. The molecule has 3 rings (SSSR count). The van der Waals surface area contributed by atoms with Crippen LogP contribution >= 0.6 is 0 Å². The first-order valence-corrected chi connectivity index (χ1v) is 8.27. The number of hydrogen-bond acceptors (Lipinski definition) is 5. The normalized spacial score (nSPS) is 11.4. The summed E-state index contributed by atoms with van der Waals surface area (Å²) in [6, 6.07) is 17.2. The summed E-state index contributed by atoms with van der Waals surface area (Å²) in [7, 11) is 1.82. The van der Waals surface area contributed by atoms with Crippen LogP contribution in [0.15, 0.2) is 70.4 Å². The monoisotopic (exact) mass is 351 g/mol. The van der Waals surface area contributed by atoms with Crippen molar-refractivity contribution in [1.82, 2.24) is 9.88 Å². The Bertz CT molecular complexity index is 861. The molecule has 134 valence electrons. The Balaban J connectivity index is 1.83. The van der Waals surface area contributed by atoms with E-state index >= 15 is 0 Å². The Morgan fingerprint density at radius 2 is 1.96 bits per heavy atom. The molecule has 0 fully saturated rings. The van der Waals surface area contributed by atoms with Gasteiger partial charge in [0.1, 0.15) is 12.4 Å². The SMILES string of the molecule is Cc1ccc(/C(=N/O)N(C)Cc2ccco2)c(OCc2ccccc2)n1. The molecule has 0 aliphatic rings. The Kier molecular flexibility index (Phi) is 5.53. The summed E-state index contributed by atoms with van der Waals surface area (Å²) in [6.45, 7) is 2.73. The van der Waals surface area contributed by atoms with Crippen LogP contribution in [0.3, 0.4) is 0 Å². The van der Waals surface area contributed by atoms with E-state index in [0.29, 0.717) is 30.4 Å². The minimum absolute atomic E-state index is 0.358. The van der Waals surface area contributed by atoms with Crippen molar-refractivity contribution in [2.45, 2.75) is 20.1 Å². The third-order valence-electron chi connectivity index (χ3n) is 3.89. The largest absolute Gasteiger partial charge is 0.472 e. The Labute approximate surface area is 152 Å². The molecule has 2 heterocycles. The van der Waals surface area contributed by atoms with Gasteiger partial charge in [0, 0.05) is 12.7 Å². The van der Waals surface area contributed by atoms with Crippen molar-refractivity contribution in [2.24, 2.45) is 5.16 Å². The number of aryl methyl sites for hydroxylation is 1. The zero-order valence-electron chi connectivity index (χ0n) is 14.8. The summed E-state index contributed by atoms with van der Waals surface area (Å²) in [6.07, 6.45) is 1.61. The predicted molar refractivity (Wildman–Crippen MR) is 98.2 cm³/mol. The summed E-state index contributed by atoms with van der Waals surface area (Å²) in [5, 5.41) is 13.1. The van der Waals surface area contributed by atoms with Gasteiger partial charge in [-0.15, -0.1) is 0 Å². The van der Waals surface area contributed by atoms with Crippen molar-refractivity contribution in [1.29, 1.82) is 0 Å². The summed E-state index contributed by atoms with van der Waals surface area (Å²) >= 11 is 0. The number of nitrogens with zero attached hydrogens (tertiary/aromatic N) is 3. The van der Waals surface area contributed by atoms with Gasteiger partial charge in [0.25, 0.3) is 0 Å². The molecule has 0 spiro atoms. The zero-order valence-corrected chi connectivity index (χ0v) is 14.8. The molecule has 0 saturated heterocycles. The van der Waals surface area contributed by atoms with E-state index in [1.54, 1.807) is 11.2 Å². The topological polar surface area (TPSA) is 71.1 Å². The molecule has 26 heavy (non-hydrogen) atoms. The highest BCUT2D eigenvalue weighted by molar-refractivity contribution is 6.00. The Morgan fingerprint density at radius 1 is 1.15 bits per heavy atom. The number of furan rings is 1. The van der Waals surface area contributed by atoms with E-state index in [-0.39, 0.29) is 0 Å². The number of pyridine rings is 1. The van der Waals surface area contributed by atoms with Crippen LogP contribution in [0.4, 0.5) is 0 Å². The highest BCUT2D eigenvalue weighted by atomic mass is 16.5. The van der Waals surface area contributed by atoms with Crippen molar-refractivity contribution in [3.05, 3.63) is 83.4 Å². The number of hydrogen-bond donors (Lipinski definition) is 1. The molecule has 1 N–H and O–H groups in total. The summed E-state index contributed by atoms with van der Waals surface area (Å²) < 4.78 is 11.3. The molecule has 0 saturated carbocycles. The van der Waals surface area contributed by atoms with E-state index in [9.17, 15) is 5.21 Å². The van der Waals surface area contributed by atoms with Crippen LogP contribution in [0, 0.1) is 6.92 Å². The molecule has 0 radical (unpaired) electrons. The maximum atomic E-state index is 9.59. The smallest absolute Gasteiger partial charge is 0.225 e. The van der Waals surface area contributed by atoms with Crippen molar-refractivity contribution in [2.75, 3.05) is 7.05 Å². The van der Waals surface area contributed by atoms with Gasteiger partial charge in [0.2, 0.25) is 5.88 Å². The molecule has 6 nitrogen and oxygen atoms in total. The third kappa shape index (κ3) is 4.22. The van der Waals surface area contributed by atoms with E-state index in [1.165, 1.54) is 0 Å². The van der Waals surface area contributed by atoms with Gasteiger partial charge in [-0.05, 0) is 36.8 Å². The minimum atomic E-state index is 0.358. The van der Waals surface area contributed by atoms with Crippen molar-refractivity contribution >= 4 is 5.84 Å². The van der Waals surface area contributed by atoms with Crippen LogP contribution in [-0.2, 0) is 13.2 Å². The van der Waals surface area contributed by atoms with Gasteiger partial charge in [-0.1, -0.05) is 35.5 Å². The Morgan fingerprint density at radius 3 is 2.65 bits per heavy atom. The van der Waals surface area contributed by atoms with E-state index in [1.807, 2.05) is 68.6 Å². The maximum absolute atomic E-state index is 9.59. The van der Waals surface area contributed by atoms with Crippen molar-refractivity contribution in [3.63, 3.8) is 0 Å². The van der Waals surface area contributed by atoms with Crippen LogP contribution in [0.5, 0.6) is 5.88 Å². The second-order valence-corrected chi connectivity index (χ2v) is 5.94. The molecule has 3 aromatic rings. The number of oxime groups is 1. The van der Waals surface area contributed by atoms with Crippen LogP contribution < -0.4 is 4.74 Å². The average molecular weight is 351 g/mol. The first kappa shape index (κ1) is 17.5. The lowest BCUT2D eigenvalue weighted by molar-refractivity contribution is 0.286. The molecule has 0 amide bonds. The van der Waals surface area contributed by atoms with E-state index < -0.39 is 0 Å². The van der Waals surface area contributed by atoms with Crippen molar-refractivity contribution in [3.8, 4) is 5.88 Å². The van der Waals surface area contributed by atoms with Crippen LogP contribution in [0.2, 0.25) is 0 Å². The van der Waals surface area contributed by atoms with Crippen LogP contribution in [0.25, 0.3) is 0 Å². The molecule has 1 aromatic carbocycles. The standard InChI is InChI=1S/C20H21N3O3/c1-15-10-11-18(19(22-24)23(2)13-17-9-6-12-25-17)20(21-15)26-14-16-7-4-3-5-8-16/h3-12,24H,13-14H2,1-2H3/b22-19-. The fourth-order valence-electron chi connectivity index (χ4n) is 2.59. The van der Waals surface area contributed by atoms with Crippen LogP contribution in [-0.4, -0.2) is 28.0 Å². The number of benzene rings is 1. The number of amidine groups is 1. The molecule has 6 heteroatoms. The van der Waals surface area contributed by atoms with E-state index in [2.05, 4.69) is 10.1 Å². The third-order valence-corrected chi connectivity index (χ3v) is 3.89. The van der Waals surface area contributed by atoms with Gasteiger partial charge in [-0.25, -0.2) is 4.98 Å². The van der Waals surface area contributed by atoms with Crippen molar-refractivity contribution < 1.29 is 14.4 Å². The summed E-state index contributed by atoms with van der Waals surface area (Å²) in [5.74, 6) is 1.55. The lowest BCUT2D eigenvalue weighted by Gasteiger charge is -2.20. The van der Waals surface area contributed by atoms with Crippen LogP contribution in [0.1, 0.15) is 22.6 Å². The lowest BCUT2D eigenvalue weighted by atomic mass is 10.2. The molecule has 0 atom stereocenters. The lowest BCUT2D eigenvalue weighted by Crippen LogP contribution is -2.28. The van der Waals surface area contributed by atoms with Gasteiger partial charge < -0.3 is 19.3 Å². The van der Waals surface area contributed by atoms with Gasteiger partial charge in [0.15, 0.2) is 5.84 Å². The highest BCUT2D eigenvalue weighted by Gasteiger charge is 2.18. The minimum Gasteiger partial charge on any atom is -0.472 e. The Hall–Kier alpha value is -3.28. The van der Waals surface area contributed by atoms with Gasteiger partial charge in [-0.2, -0.15) is 0 Å². The quantitative estimate of drug-likeness (QED) is 0.316. The summed E-state index contributed by atoms with van der Waals surface area (Å²) in [5.41, 5.74) is 2.47. The predicted octanol–water partition coefficient (Wildman–Crippen LogP) is 3.83. The fourth-order valence-corrected chi connectivity index (χ4v) is 2.59. The summed E-state index contributed by atoms with van der Waals surface area (Å²) in [4.78, 5) is 6.25. The van der Waals surface area contributed by atoms with E-state index in [4.69, 9.17) is 9.15 Å². The number of rotatable bonds is 6. The first-order chi connectivity index (χ1) is 12.7. The second kappa shape index (κ2) is 8.20. The second-order valence-electron chi connectivity index (χ2n) is 5.94. The first-order valence-electron chi connectivity index (χ1n) is 8.27. The van der Waals surface area contributed by atoms with Gasteiger partial charge in [0.05, 0.1) is 18.4 Å². The van der Waals surface area contributed by atoms with Gasteiger partial charge >= 0.3 is 0 Å². The van der Waals surface area contributed by atoms with E-state index in [0.717, 1.165) is 17.0 Å². The molecule has 2 aromatic heterocycles. The molecular formula is C20H21N3O3. The number of aromatic nitrogens is 1. The highest BCUT2D eigenvalue weighted by Crippen LogP contribution is 2.21. The molecular weight excluding hydrogens is 330 g/mol. The zero-order chi connectivity index (χ0) is 18.4.